The Morgan fingerprint density at radius 2 is 1.45 bits per heavy atom. The van der Waals surface area contributed by atoms with Gasteiger partial charge in [0.25, 0.3) is 5.91 Å². The number of hydrogen-bond donors (Lipinski definition) is 0. The molecule has 2 aromatic rings. The Morgan fingerprint density at radius 3 is 2.05 bits per heavy atom. The molecule has 6 nitrogen and oxygen atoms in total. The Hall–Kier alpha value is -2.67. The van der Waals surface area contributed by atoms with Gasteiger partial charge in [-0.15, -0.1) is 0 Å². The molecule has 12 heteroatoms. The second-order valence-electron chi connectivity index (χ2n) is 10.9. The van der Waals surface area contributed by atoms with E-state index in [0.717, 1.165) is 36.3 Å². The van der Waals surface area contributed by atoms with E-state index in [2.05, 4.69) is 9.80 Å². The van der Waals surface area contributed by atoms with Crippen molar-refractivity contribution in [2.45, 2.75) is 38.7 Å². The van der Waals surface area contributed by atoms with Crippen molar-refractivity contribution in [3.63, 3.8) is 0 Å². The highest BCUT2D eigenvalue weighted by molar-refractivity contribution is 5.95. The Balaban J connectivity index is 1.49. The molecule has 2 saturated heterocycles. The molecule has 0 radical (unpaired) electrons. The predicted molar refractivity (Wildman–Crippen MR) is 145 cm³/mol. The molecule has 4 rings (SSSR count). The van der Waals surface area contributed by atoms with Crippen LogP contribution < -0.4 is 0 Å². The van der Waals surface area contributed by atoms with Crippen LogP contribution in [0.3, 0.4) is 0 Å². The minimum atomic E-state index is -5.03. The topological polar surface area (TPSA) is 45.2 Å². The molecule has 0 aromatic heterocycles. The summed E-state index contributed by atoms with van der Waals surface area (Å²) in [5.41, 5.74) is -0.542. The Kier molecular flexibility index (Phi) is 10.6. The maximum atomic E-state index is 13.6. The SMILES string of the molecule is Cc1ccc(C[C@@H]2CN(CCOCCN3CCOCC3)CCN2C(=O)c2cc(C(F)(F)F)cc(C(F)(F)F)c2)cc1C. The summed E-state index contributed by atoms with van der Waals surface area (Å²) < 4.78 is 92.1. The molecule has 0 saturated carbocycles. The lowest BCUT2D eigenvalue weighted by molar-refractivity contribution is -0.143. The van der Waals surface area contributed by atoms with Crippen molar-refractivity contribution < 1.29 is 40.6 Å². The quantitative estimate of drug-likeness (QED) is 0.297. The molecule has 0 aliphatic carbocycles. The van der Waals surface area contributed by atoms with Crippen LogP contribution in [-0.4, -0.2) is 98.9 Å². The number of nitrogens with zero attached hydrogens (tertiary/aromatic N) is 3. The first kappa shape index (κ1) is 32.2. The summed E-state index contributed by atoms with van der Waals surface area (Å²) in [7, 11) is 0. The van der Waals surface area contributed by atoms with Gasteiger partial charge in [0, 0.05) is 57.4 Å². The van der Waals surface area contributed by atoms with Gasteiger partial charge in [0.1, 0.15) is 0 Å². The zero-order valence-electron chi connectivity index (χ0n) is 23.9. The van der Waals surface area contributed by atoms with Crippen LogP contribution in [0.25, 0.3) is 0 Å². The summed E-state index contributed by atoms with van der Waals surface area (Å²) in [6, 6.07) is 6.51. The molecule has 2 fully saturated rings. The van der Waals surface area contributed by atoms with E-state index in [-0.39, 0.29) is 12.6 Å². The summed E-state index contributed by atoms with van der Waals surface area (Å²) in [6.07, 6.45) is -9.66. The van der Waals surface area contributed by atoms with Crippen molar-refractivity contribution in [1.29, 1.82) is 0 Å². The average molecular weight is 602 g/mol. The summed E-state index contributed by atoms with van der Waals surface area (Å²) in [5, 5.41) is 0. The van der Waals surface area contributed by atoms with Gasteiger partial charge in [0.2, 0.25) is 0 Å². The van der Waals surface area contributed by atoms with Crippen molar-refractivity contribution in [3.8, 4) is 0 Å². The fraction of sp³-hybridized carbons (Fsp3) is 0.567. The average Bonchev–Trinajstić information content (AvgIpc) is 2.94. The van der Waals surface area contributed by atoms with Gasteiger partial charge in [-0.05, 0) is 55.2 Å². The van der Waals surface area contributed by atoms with Crippen molar-refractivity contribution >= 4 is 5.91 Å². The number of rotatable bonds is 9. The molecule has 1 atom stereocenters. The molecule has 2 aliphatic heterocycles. The van der Waals surface area contributed by atoms with Crippen LogP contribution >= 0.6 is 0 Å². The normalized spacial score (nSPS) is 19.3. The summed E-state index contributed by atoms with van der Waals surface area (Å²) in [6.45, 7) is 10.5. The molecular formula is C30H37F6N3O3. The van der Waals surface area contributed by atoms with Crippen LogP contribution in [0.1, 0.15) is 38.2 Å². The van der Waals surface area contributed by atoms with E-state index in [0.29, 0.717) is 64.6 Å². The van der Waals surface area contributed by atoms with Crippen LogP contribution in [-0.2, 0) is 28.2 Å². The number of halogens is 6. The number of alkyl halides is 6. The lowest BCUT2D eigenvalue weighted by Gasteiger charge is -2.42. The second kappa shape index (κ2) is 13.7. The zero-order chi connectivity index (χ0) is 30.5. The van der Waals surface area contributed by atoms with Gasteiger partial charge in [-0.2, -0.15) is 26.3 Å². The van der Waals surface area contributed by atoms with E-state index in [1.54, 1.807) is 0 Å². The zero-order valence-corrected chi connectivity index (χ0v) is 23.9. The maximum Gasteiger partial charge on any atom is 0.416 e. The molecule has 0 unspecified atom stereocenters. The third kappa shape index (κ3) is 8.68. The lowest BCUT2D eigenvalue weighted by Crippen LogP contribution is -2.56. The highest BCUT2D eigenvalue weighted by Gasteiger charge is 2.39. The Bertz CT molecular complexity index is 1180. The van der Waals surface area contributed by atoms with Crippen molar-refractivity contribution in [2.75, 3.05) is 72.2 Å². The molecule has 42 heavy (non-hydrogen) atoms. The van der Waals surface area contributed by atoms with Gasteiger partial charge in [0.15, 0.2) is 0 Å². The number of ether oxygens (including phenoxy) is 2. The van der Waals surface area contributed by atoms with Gasteiger partial charge >= 0.3 is 12.4 Å². The van der Waals surface area contributed by atoms with Gasteiger partial charge in [0.05, 0.1) is 37.6 Å². The highest BCUT2D eigenvalue weighted by Crippen LogP contribution is 2.37. The van der Waals surface area contributed by atoms with Gasteiger partial charge in [-0.1, -0.05) is 18.2 Å². The van der Waals surface area contributed by atoms with E-state index in [1.165, 1.54) is 4.90 Å². The molecule has 0 spiro atoms. The molecular weight excluding hydrogens is 564 g/mol. The molecule has 232 valence electrons. The fourth-order valence-corrected chi connectivity index (χ4v) is 5.33. The van der Waals surface area contributed by atoms with Gasteiger partial charge < -0.3 is 14.4 Å². The minimum absolute atomic E-state index is 0.0420. The number of piperazine rings is 1. The number of aryl methyl sites for hydroxylation is 2. The van der Waals surface area contributed by atoms with Crippen LogP contribution in [0.4, 0.5) is 26.3 Å². The first-order valence-electron chi connectivity index (χ1n) is 14.1. The summed E-state index contributed by atoms with van der Waals surface area (Å²) >= 11 is 0. The molecule has 0 N–H and O–H groups in total. The number of carbonyl (C=O) groups is 1. The Labute approximate surface area is 242 Å². The number of benzene rings is 2. The first-order chi connectivity index (χ1) is 19.8. The third-order valence-electron chi connectivity index (χ3n) is 7.91. The standard InChI is InChI=1S/C30H37F6N3O3/c1-21-3-4-23(15-22(21)2)16-27-20-38(10-14-42-13-9-37-7-11-41-12-8-37)5-6-39(27)28(40)24-17-25(29(31,32)33)19-26(18-24)30(34,35)36/h3-4,15,17-19,27H,5-14,16,20H2,1-2H3/t27-/m1/s1. The summed E-state index contributed by atoms with van der Waals surface area (Å²) in [4.78, 5) is 19.4. The lowest BCUT2D eigenvalue weighted by atomic mass is 9.97. The molecule has 2 heterocycles. The molecule has 2 aliphatic rings. The fourth-order valence-electron chi connectivity index (χ4n) is 5.33. The van der Waals surface area contributed by atoms with E-state index in [1.807, 2.05) is 32.0 Å². The third-order valence-corrected chi connectivity index (χ3v) is 7.91. The van der Waals surface area contributed by atoms with E-state index >= 15 is 0 Å². The largest absolute Gasteiger partial charge is 0.416 e. The predicted octanol–water partition coefficient (Wildman–Crippen LogP) is 5.06. The number of carbonyl (C=O) groups excluding carboxylic acids is 1. The van der Waals surface area contributed by atoms with Crippen molar-refractivity contribution in [3.05, 3.63) is 69.8 Å². The highest BCUT2D eigenvalue weighted by atomic mass is 19.4. The molecule has 1 amide bonds. The van der Waals surface area contributed by atoms with Crippen molar-refractivity contribution in [2.24, 2.45) is 0 Å². The van der Waals surface area contributed by atoms with Gasteiger partial charge in [-0.25, -0.2) is 0 Å². The van der Waals surface area contributed by atoms with Crippen LogP contribution in [0.2, 0.25) is 0 Å². The maximum absolute atomic E-state index is 13.6. The number of hydrogen-bond acceptors (Lipinski definition) is 5. The number of amides is 1. The van der Waals surface area contributed by atoms with Crippen LogP contribution in [0.15, 0.2) is 36.4 Å². The summed E-state index contributed by atoms with van der Waals surface area (Å²) in [5.74, 6) is -0.846. The van der Waals surface area contributed by atoms with E-state index in [9.17, 15) is 31.1 Å². The molecule has 2 aromatic carbocycles. The van der Waals surface area contributed by atoms with Gasteiger partial charge in [-0.3, -0.25) is 14.6 Å². The van der Waals surface area contributed by atoms with Crippen LogP contribution in [0, 0.1) is 13.8 Å². The van der Waals surface area contributed by atoms with E-state index in [4.69, 9.17) is 9.47 Å². The van der Waals surface area contributed by atoms with E-state index < -0.39 is 41.0 Å². The smallest absolute Gasteiger partial charge is 0.379 e. The van der Waals surface area contributed by atoms with Crippen LogP contribution in [0.5, 0.6) is 0 Å². The second-order valence-corrected chi connectivity index (χ2v) is 10.9. The monoisotopic (exact) mass is 601 g/mol. The minimum Gasteiger partial charge on any atom is -0.379 e. The first-order valence-corrected chi connectivity index (χ1v) is 14.1. The Morgan fingerprint density at radius 1 is 0.833 bits per heavy atom. The number of morpholine rings is 1. The molecule has 0 bridgehead atoms. The van der Waals surface area contributed by atoms with Crippen molar-refractivity contribution in [1.82, 2.24) is 14.7 Å².